The molecule has 0 aliphatic rings. The fourth-order valence-corrected chi connectivity index (χ4v) is 4.30. The number of aryl methyl sites for hydroxylation is 2. The number of aromatic nitrogens is 1. The molecule has 0 fully saturated rings. The van der Waals surface area contributed by atoms with Crippen LogP contribution in [0.15, 0.2) is 36.4 Å². The number of nitrogens with zero attached hydrogens (tertiary/aromatic N) is 1. The Hall–Kier alpha value is -3.15. The number of carbonyl (C=O) groups excluding carboxylic acids is 2. The lowest BCUT2D eigenvalue weighted by atomic mass is 10.0. The summed E-state index contributed by atoms with van der Waals surface area (Å²) < 4.78 is 75.8. The highest BCUT2D eigenvalue weighted by atomic mass is 32.2. The number of hydrogen-bond acceptors (Lipinski definition) is 7. The molecule has 8 nitrogen and oxygen atoms in total. The molecule has 0 radical (unpaired) electrons. The maximum atomic E-state index is 13.1. The zero-order valence-corrected chi connectivity index (χ0v) is 23.4. The van der Waals surface area contributed by atoms with Gasteiger partial charge in [-0.2, -0.15) is 13.2 Å². The largest absolute Gasteiger partial charge is 0.477 e. The molecule has 0 bridgehead atoms. The number of carbonyl (C=O) groups is 2. The lowest BCUT2D eigenvalue weighted by Crippen LogP contribution is -2.37. The first kappa shape index (κ1) is 32.1. The van der Waals surface area contributed by atoms with Gasteiger partial charge in [-0.25, -0.2) is 22.9 Å². The van der Waals surface area contributed by atoms with E-state index in [4.69, 9.17) is 9.47 Å². The molecule has 2 aromatic rings. The highest BCUT2D eigenvalue weighted by Gasteiger charge is 2.33. The maximum Gasteiger partial charge on any atom is 0.433 e. The molecule has 0 unspecified atom stereocenters. The van der Waals surface area contributed by atoms with Crippen LogP contribution in [0.5, 0.6) is 5.88 Å². The van der Waals surface area contributed by atoms with Crippen LogP contribution in [0.1, 0.15) is 69.3 Å². The van der Waals surface area contributed by atoms with Crippen molar-refractivity contribution < 1.29 is 40.7 Å². The normalized spacial score (nSPS) is 12.2. The molecule has 1 aromatic carbocycles. The summed E-state index contributed by atoms with van der Waals surface area (Å²) in [5.41, 5.74) is -0.0258. The number of rotatable bonds is 13. The topological polar surface area (TPSA) is 112 Å². The van der Waals surface area contributed by atoms with E-state index in [-0.39, 0.29) is 49.7 Å². The molecule has 1 heterocycles. The lowest BCUT2D eigenvalue weighted by molar-refractivity contribution is -0.141. The number of unbranched alkanes of at least 4 members (excludes halogenated alkanes) is 1. The third-order valence-corrected chi connectivity index (χ3v) is 6.58. The lowest BCUT2D eigenvalue weighted by Gasteiger charge is -2.19. The Bertz CT molecular complexity index is 1220. The van der Waals surface area contributed by atoms with Gasteiger partial charge < -0.3 is 9.47 Å². The van der Waals surface area contributed by atoms with E-state index in [9.17, 15) is 31.2 Å². The van der Waals surface area contributed by atoms with Crippen LogP contribution in [0.4, 0.5) is 18.0 Å². The quantitative estimate of drug-likeness (QED) is 0.319. The predicted octanol–water partition coefficient (Wildman–Crippen LogP) is 5.42. The average molecular weight is 573 g/mol. The Labute approximate surface area is 227 Å². The van der Waals surface area contributed by atoms with Gasteiger partial charge in [0.1, 0.15) is 17.1 Å². The summed E-state index contributed by atoms with van der Waals surface area (Å²) in [6.07, 6.45) is -3.62. The van der Waals surface area contributed by atoms with Crippen molar-refractivity contribution in [3.05, 3.63) is 58.8 Å². The van der Waals surface area contributed by atoms with Gasteiger partial charge >= 0.3 is 12.3 Å². The van der Waals surface area contributed by atoms with Crippen molar-refractivity contribution in [1.82, 2.24) is 9.71 Å². The van der Waals surface area contributed by atoms with E-state index in [1.165, 1.54) is 6.07 Å². The molecule has 0 atom stereocenters. The van der Waals surface area contributed by atoms with Gasteiger partial charge in [-0.1, -0.05) is 43.7 Å². The molecule has 0 aliphatic carbocycles. The van der Waals surface area contributed by atoms with Gasteiger partial charge in [-0.05, 0) is 57.2 Å². The van der Waals surface area contributed by atoms with E-state index in [2.05, 4.69) is 4.98 Å². The van der Waals surface area contributed by atoms with Gasteiger partial charge in [0.05, 0.1) is 12.4 Å². The van der Waals surface area contributed by atoms with E-state index >= 15 is 0 Å². The smallest absolute Gasteiger partial charge is 0.433 e. The molecular weight excluding hydrogens is 537 g/mol. The minimum Gasteiger partial charge on any atom is -0.477 e. The fraction of sp³-hybridized carbons (Fsp3) is 0.519. The highest BCUT2D eigenvalue weighted by molar-refractivity contribution is 7.90. The molecule has 12 heteroatoms. The first-order valence-corrected chi connectivity index (χ1v) is 14.3. The minimum atomic E-state index is -4.60. The number of halogens is 3. The molecule has 0 aliphatic heterocycles. The van der Waals surface area contributed by atoms with Crippen LogP contribution in [0.3, 0.4) is 0 Å². The van der Waals surface area contributed by atoms with Crippen LogP contribution < -0.4 is 9.46 Å². The Morgan fingerprint density at radius 2 is 1.62 bits per heavy atom. The van der Waals surface area contributed by atoms with Gasteiger partial charge in [0.15, 0.2) is 0 Å². The van der Waals surface area contributed by atoms with E-state index in [0.29, 0.717) is 23.1 Å². The standard InChI is InChI=1S/C27H35F3N2O6S/c1-5-6-16-37-24-21(12-14-23(31-24)27(28,29)30)11-13-22(33)18-20-9-7-19(8-10-20)15-17-39(35,36)32-25(34)38-26(2,3)4/h7-10,12,14H,5-6,11,13,15-18H2,1-4H3,(H,32,34). The second kappa shape index (κ2) is 13.8. The first-order chi connectivity index (χ1) is 18.1. The Kier molecular flexibility index (Phi) is 11.3. The number of ether oxygens (including phenoxy) is 2. The van der Waals surface area contributed by atoms with Crippen molar-refractivity contribution in [1.29, 1.82) is 0 Å². The van der Waals surface area contributed by atoms with Crippen molar-refractivity contribution in [3.8, 4) is 5.88 Å². The number of sulfonamides is 1. The van der Waals surface area contributed by atoms with Crippen molar-refractivity contribution in [2.75, 3.05) is 12.4 Å². The third kappa shape index (κ3) is 12.1. The van der Waals surface area contributed by atoms with Crippen molar-refractivity contribution in [2.24, 2.45) is 0 Å². The maximum absolute atomic E-state index is 13.1. The molecule has 0 saturated carbocycles. The SMILES string of the molecule is CCCCOc1nc(C(F)(F)F)ccc1CCC(=O)Cc1ccc(CCS(=O)(=O)NC(=O)OC(C)(C)C)cc1. The van der Waals surface area contributed by atoms with E-state index in [1.807, 2.05) is 11.6 Å². The van der Waals surface area contributed by atoms with E-state index in [1.54, 1.807) is 45.0 Å². The van der Waals surface area contributed by atoms with Crippen LogP contribution in [0.25, 0.3) is 0 Å². The Balaban J connectivity index is 1.91. The Morgan fingerprint density at radius 1 is 0.974 bits per heavy atom. The van der Waals surface area contributed by atoms with E-state index in [0.717, 1.165) is 12.5 Å². The number of pyridine rings is 1. The molecule has 1 N–H and O–H groups in total. The molecule has 216 valence electrons. The van der Waals surface area contributed by atoms with Gasteiger partial charge in [0, 0.05) is 18.4 Å². The highest BCUT2D eigenvalue weighted by Crippen LogP contribution is 2.30. The third-order valence-electron chi connectivity index (χ3n) is 5.36. The summed E-state index contributed by atoms with van der Waals surface area (Å²) in [5.74, 6) is -0.549. The van der Waals surface area contributed by atoms with E-state index < -0.39 is 33.6 Å². The summed E-state index contributed by atoms with van der Waals surface area (Å²) in [4.78, 5) is 27.9. The second-order valence-corrected chi connectivity index (χ2v) is 11.9. The van der Waals surface area contributed by atoms with Gasteiger partial charge in [0.25, 0.3) is 0 Å². The zero-order valence-electron chi connectivity index (χ0n) is 22.6. The summed E-state index contributed by atoms with van der Waals surface area (Å²) in [7, 11) is -3.89. The van der Waals surface area contributed by atoms with Gasteiger partial charge in [-0.3, -0.25) is 4.79 Å². The first-order valence-electron chi connectivity index (χ1n) is 12.6. The Morgan fingerprint density at radius 3 is 2.21 bits per heavy atom. The van der Waals surface area contributed by atoms with Gasteiger partial charge in [0.2, 0.25) is 15.9 Å². The summed E-state index contributed by atoms with van der Waals surface area (Å²) in [6, 6.07) is 9.00. The van der Waals surface area contributed by atoms with Crippen molar-refractivity contribution >= 4 is 21.9 Å². The molecule has 0 saturated heterocycles. The number of benzene rings is 1. The number of ketones is 1. The van der Waals surface area contributed by atoms with Crippen LogP contribution in [0, 0.1) is 0 Å². The minimum absolute atomic E-state index is 0.0908. The number of nitrogens with one attached hydrogen (secondary N) is 1. The van der Waals surface area contributed by atoms with Gasteiger partial charge in [-0.15, -0.1) is 0 Å². The summed E-state index contributed by atoms with van der Waals surface area (Å²) in [5, 5.41) is 0. The van der Waals surface area contributed by atoms with Crippen LogP contribution in [0.2, 0.25) is 0 Å². The van der Waals surface area contributed by atoms with Crippen molar-refractivity contribution in [2.45, 2.75) is 78.0 Å². The monoisotopic (exact) mass is 572 g/mol. The number of hydrogen-bond donors (Lipinski definition) is 1. The molecule has 39 heavy (non-hydrogen) atoms. The predicted molar refractivity (Wildman–Crippen MR) is 140 cm³/mol. The van der Waals surface area contributed by atoms with Crippen LogP contribution >= 0.6 is 0 Å². The molecule has 0 spiro atoms. The number of alkyl halides is 3. The summed E-state index contributed by atoms with van der Waals surface area (Å²) >= 11 is 0. The van der Waals surface area contributed by atoms with Crippen LogP contribution in [-0.4, -0.2) is 43.2 Å². The fourth-order valence-electron chi connectivity index (χ4n) is 3.40. The molecule has 1 amide bonds. The number of Topliss-reactive ketones (excluding diaryl/α,β-unsaturated/α-hetero) is 1. The molecule has 2 rings (SSSR count). The number of amides is 1. The van der Waals surface area contributed by atoms with Crippen molar-refractivity contribution in [3.63, 3.8) is 0 Å². The molecular formula is C27H35F3N2O6S. The summed E-state index contributed by atoms with van der Waals surface area (Å²) in [6.45, 7) is 7.03. The molecule has 1 aromatic heterocycles. The zero-order chi connectivity index (χ0) is 29.3. The average Bonchev–Trinajstić information content (AvgIpc) is 2.80. The second-order valence-electron chi connectivity index (χ2n) is 10.1. The van der Waals surface area contributed by atoms with Crippen LogP contribution in [-0.2, 0) is 45.0 Å².